The molecule has 0 aliphatic carbocycles. The van der Waals surface area contributed by atoms with Crippen LogP contribution < -0.4 is 0 Å². The summed E-state index contributed by atoms with van der Waals surface area (Å²) >= 11 is 0. The van der Waals surface area contributed by atoms with Crippen molar-refractivity contribution >= 4 is 0 Å². The van der Waals surface area contributed by atoms with Crippen molar-refractivity contribution in [2.45, 2.75) is 47.2 Å². The Morgan fingerprint density at radius 2 is 1.25 bits per heavy atom. The first-order chi connectivity index (χ1) is 4.19. The van der Waals surface area contributed by atoms with Crippen molar-refractivity contribution < 1.29 is 37.1 Å². The van der Waals surface area contributed by atoms with Gasteiger partial charge in [-0.15, -0.1) is 5.41 Å². The third kappa shape index (κ3) is 4.32. The van der Waals surface area contributed by atoms with Crippen LogP contribution in [0.5, 0.6) is 0 Å². The third-order valence-electron chi connectivity index (χ3n) is 2.74. The van der Waals surface area contributed by atoms with Gasteiger partial charge >= 0.3 is 0 Å². The van der Waals surface area contributed by atoms with Crippen molar-refractivity contribution in [3.8, 4) is 0 Å². The van der Waals surface area contributed by atoms with Crippen molar-refractivity contribution in [3.63, 3.8) is 0 Å². The molecule has 2 heteroatoms. The molecule has 0 atom stereocenters. The quantitative estimate of drug-likeness (QED) is 0.652. The molecule has 0 saturated carbocycles. The Kier molecular flexibility index (Phi) is 8.90. The molecule has 0 aliphatic rings. The van der Waals surface area contributed by atoms with Crippen LogP contribution in [0.1, 0.15) is 41.5 Å². The molecule has 0 nitrogen and oxygen atoms in total. The van der Waals surface area contributed by atoms with Crippen LogP contribution in [0.15, 0.2) is 0 Å². The summed E-state index contributed by atoms with van der Waals surface area (Å²) < 4.78 is 13.4. The number of halogens is 1. The molecule has 0 fully saturated rings. The average molecular weight is 249 g/mol. The zero-order chi connectivity index (χ0) is 8.58. The van der Waals surface area contributed by atoms with Crippen molar-refractivity contribution in [2.24, 2.45) is 5.41 Å². The molecule has 0 rings (SSSR count). The third-order valence-corrected chi connectivity index (χ3v) is 2.74. The summed E-state index contributed by atoms with van der Waals surface area (Å²) in [6.07, 6.45) is 0. The van der Waals surface area contributed by atoms with Crippen LogP contribution in [-0.2, 0) is 32.7 Å². The molecule has 73 valence electrons. The van der Waals surface area contributed by atoms with Crippen LogP contribution in [0.3, 0.4) is 0 Å². The largest absolute Gasteiger partial charge is 0.358 e. The fraction of sp³-hybridized carbons (Fsp3) is 0.800. The van der Waals surface area contributed by atoms with E-state index in [0.29, 0.717) is 0 Å². The van der Waals surface area contributed by atoms with E-state index in [1.807, 2.05) is 27.7 Å². The maximum absolute atomic E-state index is 13.4. The van der Waals surface area contributed by atoms with E-state index in [4.69, 9.17) is 0 Å². The first-order valence-electron chi connectivity index (χ1n) is 3.69. The van der Waals surface area contributed by atoms with E-state index in [1.54, 1.807) is 13.8 Å². The van der Waals surface area contributed by atoms with Crippen molar-refractivity contribution in [1.82, 2.24) is 0 Å². The van der Waals surface area contributed by atoms with E-state index >= 15 is 0 Å². The minimum Gasteiger partial charge on any atom is -0.358 e. The molecular formula is C10H21FY-2. The number of alkyl halides is 1. The Morgan fingerprint density at radius 3 is 1.25 bits per heavy atom. The van der Waals surface area contributed by atoms with Gasteiger partial charge in [-0.2, -0.15) is 13.8 Å². The molecular weight excluding hydrogens is 228 g/mol. The zero-order valence-electron chi connectivity index (χ0n) is 9.46. The molecule has 0 heterocycles. The standard InChI is InChI=1S/C9H18F.CH3.Y/c1-7(2)8(3,4)9(5,6)10;;/h1-6H3;1H3;/q2*-1;. The number of hydrogen-bond acceptors (Lipinski definition) is 0. The monoisotopic (exact) mass is 249 g/mol. The SMILES string of the molecule is C[C-](C)C(C)(C)C(C)(C)F.[CH3-].[Y]. The summed E-state index contributed by atoms with van der Waals surface area (Å²) in [5.41, 5.74) is -1.43. The Hall–Kier alpha value is 1.03. The Balaban J connectivity index is -0.000000405. The number of rotatable bonds is 2. The molecule has 0 aromatic rings. The van der Waals surface area contributed by atoms with Gasteiger partial charge in [-0.1, -0.05) is 13.8 Å². The average Bonchev–Trinajstić information content (AvgIpc) is 1.62. The summed E-state index contributed by atoms with van der Waals surface area (Å²) in [5.74, 6) is 1.14. The van der Waals surface area contributed by atoms with Gasteiger partial charge in [0.2, 0.25) is 0 Å². The fourth-order valence-electron chi connectivity index (χ4n) is 0.594. The number of hydrogen-bond donors (Lipinski definition) is 0. The second-order valence-electron chi connectivity index (χ2n) is 4.10. The topological polar surface area (TPSA) is 0 Å². The smallest absolute Gasteiger partial charge is 0.0835 e. The van der Waals surface area contributed by atoms with Crippen LogP contribution in [0.2, 0.25) is 0 Å². The Bertz CT molecular complexity index is 111. The molecule has 0 aromatic heterocycles. The van der Waals surface area contributed by atoms with Crippen molar-refractivity contribution in [3.05, 3.63) is 13.3 Å². The molecule has 0 amide bonds. The van der Waals surface area contributed by atoms with Crippen LogP contribution in [0.25, 0.3) is 0 Å². The van der Waals surface area contributed by atoms with Crippen LogP contribution in [0, 0.1) is 18.8 Å². The van der Waals surface area contributed by atoms with Crippen LogP contribution in [-0.4, -0.2) is 5.67 Å². The van der Waals surface area contributed by atoms with Crippen molar-refractivity contribution in [2.75, 3.05) is 0 Å². The molecule has 0 spiro atoms. The summed E-state index contributed by atoms with van der Waals surface area (Å²) in [6.45, 7) is 11.1. The van der Waals surface area contributed by atoms with E-state index in [1.165, 1.54) is 0 Å². The van der Waals surface area contributed by atoms with Crippen molar-refractivity contribution in [1.29, 1.82) is 0 Å². The van der Waals surface area contributed by atoms with E-state index < -0.39 is 5.67 Å². The van der Waals surface area contributed by atoms with Gasteiger partial charge in [0.15, 0.2) is 0 Å². The molecule has 0 aromatic carbocycles. The predicted octanol–water partition coefficient (Wildman–Crippen LogP) is 3.82. The fourth-order valence-corrected chi connectivity index (χ4v) is 0.594. The Labute approximate surface area is 103 Å². The summed E-state index contributed by atoms with van der Waals surface area (Å²) in [7, 11) is 0. The second kappa shape index (κ2) is 5.70. The van der Waals surface area contributed by atoms with Gasteiger partial charge in [0.05, 0.1) is 5.67 Å². The van der Waals surface area contributed by atoms with Gasteiger partial charge in [-0.3, -0.25) is 0 Å². The first kappa shape index (κ1) is 18.7. The van der Waals surface area contributed by atoms with E-state index in [2.05, 4.69) is 0 Å². The summed E-state index contributed by atoms with van der Waals surface area (Å²) in [6, 6.07) is 0. The first-order valence-corrected chi connectivity index (χ1v) is 3.69. The maximum Gasteiger partial charge on any atom is 0.0835 e. The molecule has 0 unspecified atom stereocenters. The molecule has 0 bridgehead atoms. The van der Waals surface area contributed by atoms with Gasteiger partial charge in [0, 0.05) is 32.7 Å². The summed E-state index contributed by atoms with van der Waals surface area (Å²) in [5, 5.41) is 0. The molecule has 1 radical (unpaired) electrons. The molecule has 0 N–H and O–H groups in total. The second-order valence-corrected chi connectivity index (χ2v) is 4.10. The van der Waals surface area contributed by atoms with Gasteiger partial charge < -0.3 is 13.3 Å². The molecule has 0 aliphatic heterocycles. The van der Waals surface area contributed by atoms with Gasteiger partial charge in [-0.05, 0) is 13.8 Å². The van der Waals surface area contributed by atoms with E-state index in [9.17, 15) is 4.39 Å². The molecule has 0 saturated heterocycles. The van der Waals surface area contributed by atoms with E-state index in [-0.39, 0.29) is 45.6 Å². The zero-order valence-corrected chi connectivity index (χ0v) is 12.3. The van der Waals surface area contributed by atoms with Gasteiger partial charge in [-0.25, -0.2) is 4.39 Å². The normalized spacial score (nSPS) is 12.0. The predicted molar refractivity (Wildman–Crippen MR) is 50.0 cm³/mol. The van der Waals surface area contributed by atoms with Crippen LogP contribution >= 0.6 is 0 Å². The minimum atomic E-state index is -1.12. The maximum atomic E-state index is 13.4. The van der Waals surface area contributed by atoms with Gasteiger partial charge in [0.25, 0.3) is 0 Å². The summed E-state index contributed by atoms with van der Waals surface area (Å²) in [4.78, 5) is 0. The minimum absolute atomic E-state index is 0. The van der Waals surface area contributed by atoms with E-state index in [0.717, 1.165) is 5.92 Å². The van der Waals surface area contributed by atoms with Gasteiger partial charge in [0.1, 0.15) is 0 Å². The van der Waals surface area contributed by atoms with Crippen LogP contribution in [0.4, 0.5) is 4.39 Å². The Morgan fingerprint density at radius 1 is 1.00 bits per heavy atom. The molecule has 12 heavy (non-hydrogen) atoms.